The van der Waals surface area contributed by atoms with Crippen LogP contribution < -0.4 is 5.32 Å². The quantitative estimate of drug-likeness (QED) is 0.727. The van der Waals surface area contributed by atoms with E-state index in [9.17, 15) is 13.2 Å². The van der Waals surface area contributed by atoms with Crippen molar-refractivity contribution >= 4 is 49.2 Å². The number of aromatic nitrogens is 1. The van der Waals surface area contributed by atoms with E-state index in [1.807, 2.05) is 11.4 Å². The summed E-state index contributed by atoms with van der Waals surface area (Å²) in [6, 6.07) is 8.63. The van der Waals surface area contributed by atoms with E-state index in [0.29, 0.717) is 15.2 Å². The number of guanidine groups is 1. The van der Waals surface area contributed by atoms with Gasteiger partial charge in [0.1, 0.15) is 20.4 Å². The maximum Gasteiger partial charge on any atom is 0.257 e. The molecule has 1 fully saturated rings. The molecule has 2 aliphatic rings. The monoisotopic (exact) mass is 482 g/mol. The molecule has 2 aromatic rings. The number of aliphatic imine (C=N–C) groups is 1. The van der Waals surface area contributed by atoms with Gasteiger partial charge >= 0.3 is 0 Å². The molecule has 1 aliphatic carbocycles. The molecule has 10 heteroatoms. The highest BCUT2D eigenvalue weighted by atomic mass is 79.9. The van der Waals surface area contributed by atoms with Crippen LogP contribution in [-0.2, 0) is 15.6 Å². The first kappa shape index (κ1) is 19.5. The first-order chi connectivity index (χ1) is 13.2. The zero-order chi connectivity index (χ0) is 20.1. The number of benzene rings is 1. The van der Waals surface area contributed by atoms with Crippen molar-refractivity contribution < 1.29 is 13.2 Å². The Bertz CT molecular complexity index is 1050. The van der Waals surface area contributed by atoms with Crippen molar-refractivity contribution in [1.82, 2.24) is 14.6 Å². The second-order valence-corrected chi connectivity index (χ2v) is 10.9. The van der Waals surface area contributed by atoms with E-state index < -0.39 is 26.7 Å². The molecule has 2 heterocycles. The van der Waals surface area contributed by atoms with E-state index >= 15 is 0 Å². The Kier molecular flexibility index (Phi) is 4.83. The summed E-state index contributed by atoms with van der Waals surface area (Å²) in [5.41, 5.74) is -0.637. The zero-order valence-electron chi connectivity index (χ0n) is 15.3. The van der Waals surface area contributed by atoms with Crippen LogP contribution in [0.15, 0.2) is 45.3 Å². The number of thiazole rings is 1. The van der Waals surface area contributed by atoms with Crippen molar-refractivity contribution in [2.24, 2.45) is 10.9 Å². The average molecular weight is 483 g/mol. The number of amides is 1. The van der Waals surface area contributed by atoms with Crippen molar-refractivity contribution in [3.63, 3.8) is 0 Å². The number of carbonyl (C=O) groups excluding carboxylic acids is 1. The van der Waals surface area contributed by atoms with Crippen LogP contribution in [0.4, 0.5) is 0 Å². The molecule has 1 aromatic carbocycles. The summed E-state index contributed by atoms with van der Waals surface area (Å²) >= 11 is 4.71. The van der Waals surface area contributed by atoms with Gasteiger partial charge in [-0.25, -0.2) is 22.7 Å². The van der Waals surface area contributed by atoms with E-state index in [0.717, 1.165) is 17.1 Å². The van der Waals surface area contributed by atoms with Crippen molar-refractivity contribution in [2.75, 3.05) is 7.05 Å². The number of halogens is 1. The largest absolute Gasteiger partial charge is 0.292 e. The molecule has 1 N–H and O–H groups in total. The van der Waals surface area contributed by atoms with Crippen LogP contribution in [-0.4, -0.2) is 41.9 Å². The van der Waals surface area contributed by atoms with Crippen LogP contribution in [0.2, 0.25) is 0 Å². The Morgan fingerprint density at radius 3 is 2.57 bits per heavy atom. The minimum Gasteiger partial charge on any atom is -0.292 e. The predicted molar refractivity (Wildman–Crippen MR) is 112 cm³/mol. The minimum atomic E-state index is -3.72. The standard InChI is InChI=1S/C18H19BrN4O3S2/c1-18(16-20-13(19)10-27-16)14(11-8-9-11)28(25,26)23(2)17(22-18)21-15(24)12-6-4-3-5-7-12/h3-7,10-11,14H,8-9H2,1-2H3,(H,21,22,24). The smallest absolute Gasteiger partial charge is 0.257 e. The number of hydrogen-bond acceptors (Lipinski definition) is 6. The molecule has 2 unspecified atom stereocenters. The normalized spacial score (nSPS) is 26.6. The summed E-state index contributed by atoms with van der Waals surface area (Å²) < 4.78 is 28.5. The Labute approximate surface area is 176 Å². The molecule has 7 nitrogen and oxygen atoms in total. The highest BCUT2D eigenvalue weighted by molar-refractivity contribution is 9.10. The van der Waals surface area contributed by atoms with Gasteiger partial charge in [0.15, 0.2) is 0 Å². The lowest BCUT2D eigenvalue weighted by atomic mass is 9.95. The Balaban J connectivity index is 1.79. The second kappa shape index (κ2) is 6.93. The summed E-state index contributed by atoms with van der Waals surface area (Å²) in [6.45, 7) is 1.79. The molecule has 4 rings (SSSR count). The van der Waals surface area contributed by atoms with E-state index in [1.165, 1.54) is 18.4 Å². The van der Waals surface area contributed by atoms with E-state index in [4.69, 9.17) is 4.99 Å². The molecule has 28 heavy (non-hydrogen) atoms. The molecule has 0 saturated heterocycles. The third kappa shape index (κ3) is 3.27. The number of hydrogen-bond donors (Lipinski definition) is 1. The summed E-state index contributed by atoms with van der Waals surface area (Å²) in [4.78, 5) is 21.8. The van der Waals surface area contributed by atoms with Crippen LogP contribution >= 0.6 is 27.3 Å². The van der Waals surface area contributed by atoms with Crippen LogP contribution in [0.25, 0.3) is 0 Å². The van der Waals surface area contributed by atoms with Crippen LogP contribution in [0.5, 0.6) is 0 Å². The predicted octanol–water partition coefficient (Wildman–Crippen LogP) is 2.96. The molecule has 0 spiro atoms. The molecule has 0 radical (unpaired) electrons. The Morgan fingerprint density at radius 2 is 2.00 bits per heavy atom. The Hall–Kier alpha value is -1.78. The molecule has 1 aromatic heterocycles. The fourth-order valence-electron chi connectivity index (χ4n) is 3.56. The number of rotatable bonds is 3. The van der Waals surface area contributed by atoms with Gasteiger partial charge in [0.05, 0.1) is 0 Å². The average Bonchev–Trinajstić information content (AvgIpc) is 3.38. The van der Waals surface area contributed by atoms with Gasteiger partial charge in [-0.2, -0.15) is 0 Å². The number of nitrogens with zero attached hydrogens (tertiary/aromatic N) is 3. The molecular weight excluding hydrogens is 464 g/mol. The molecule has 0 bridgehead atoms. The molecule has 148 valence electrons. The minimum absolute atomic E-state index is 0.0135. The van der Waals surface area contributed by atoms with Crippen molar-refractivity contribution in [2.45, 2.75) is 30.6 Å². The van der Waals surface area contributed by atoms with Gasteiger partial charge in [-0.1, -0.05) is 18.2 Å². The van der Waals surface area contributed by atoms with Gasteiger partial charge in [0.25, 0.3) is 5.91 Å². The van der Waals surface area contributed by atoms with Gasteiger partial charge in [0.2, 0.25) is 16.0 Å². The van der Waals surface area contributed by atoms with E-state index in [2.05, 4.69) is 26.2 Å². The lowest BCUT2D eigenvalue weighted by molar-refractivity contribution is 0.0974. The molecular formula is C18H19BrN4O3S2. The summed E-state index contributed by atoms with van der Waals surface area (Å²) in [5.74, 6) is -0.358. The Morgan fingerprint density at radius 1 is 1.32 bits per heavy atom. The summed E-state index contributed by atoms with van der Waals surface area (Å²) in [7, 11) is -2.29. The van der Waals surface area contributed by atoms with Crippen LogP contribution in [0.3, 0.4) is 0 Å². The van der Waals surface area contributed by atoms with Gasteiger partial charge in [-0.3, -0.25) is 10.1 Å². The first-order valence-electron chi connectivity index (χ1n) is 8.79. The van der Waals surface area contributed by atoms with Gasteiger partial charge in [0, 0.05) is 18.0 Å². The van der Waals surface area contributed by atoms with Gasteiger partial charge < -0.3 is 0 Å². The highest BCUT2D eigenvalue weighted by Gasteiger charge is 2.58. The SMILES string of the molecule is CN1C(NC(=O)c2ccccc2)=NC(C)(c2nc(Br)cs2)C(C2CC2)S1(=O)=O. The second-order valence-electron chi connectivity index (χ2n) is 7.15. The van der Waals surface area contributed by atoms with Crippen LogP contribution in [0, 0.1) is 5.92 Å². The first-order valence-corrected chi connectivity index (χ1v) is 12.0. The third-order valence-electron chi connectivity index (χ3n) is 5.11. The van der Waals surface area contributed by atoms with Gasteiger partial charge in [-0.15, -0.1) is 11.3 Å². The van der Waals surface area contributed by atoms with Crippen LogP contribution in [0.1, 0.15) is 35.1 Å². The molecule has 1 saturated carbocycles. The zero-order valence-corrected chi connectivity index (χ0v) is 18.5. The van der Waals surface area contributed by atoms with Gasteiger partial charge in [-0.05, 0) is 53.7 Å². The fourth-order valence-corrected chi connectivity index (χ4v) is 7.21. The highest BCUT2D eigenvalue weighted by Crippen LogP contribution is 2.50. The fraction of sp³-hybridized carbons (Fsp3) is 0.389. The third-order valence-corrected chi connectivity index (χ3v) is 9.31. The number of nitrogens with one attached hydrogen (secondary N) is 1. The van der Waals surface area contributed by atoms with E-state index in [1.54, 1.807) is 31.2 Å². The topological polar surface area (TPSA) is 91.7 Å². The summed E-state index contributed by atoms with van der Waals surface area (Å²) in [5, 5.41) is 4.39. The number of sulfonamides is 1. The van der Waals surface area contributed by atoms with Crippen molar-refractivity contribution in [3.05, 3.63) is 50.9 Å². The van der Waals surface area contributed by atoms with Crippen molar-refractivity contribution in [3.8, 4) is 0 Å². The maximum atomic E-state index is 13.4. The maximum absolute atomic E-state index is 13.4. The summed E-state index contributed by atoms with van der Waals surface area (Å²) in [6.07, 6.45) is 1.70. The molecule has 1 amide bonds. The lowest BCUT2D eigenvalue weighted by Crippen LogP contribution is -2.58. The molecule has 1 aliphatic heterocycles. The van der Waals surface area contributed by atoms with E-state index in [-0.39, 0.29) is 11.9 Å². The number of carbonyl (C=O) groups is 1. The van der Waals surface area contributed by atoms with Crippen molar-refractivity contribution in [1.29, 1.82) is 0 Å². The molecule has 2 atom stereocenters. The lowest BCUT2D eigenvalue weighted by Gasteiger charge is -2.41.